The van der Waals surface area contributed by atoms with Crippen LogP contribution in [0.3, 0.4) is 0 Å². The summed E-state index contributed by atoms with van der Waals surface area (Å²) < 4.78 is 5.28. The number of ether oxygens (including phenoxy) is 1. The first-order valence-electron chi connectivity index (χ1n) is 10.5. The molecule has 0 unspecified atom stereocenters. The van der Waals surface area contributed by atoms with E-state index in [1.54, 1.807) is 7.11 Å². The number of benzene rings is 1. The van der Waals surface area contributed by atoms with Crippen LogP contribution in [0.5, 0.6) is 5.75 Å². The van der Waals surface area contributed by atoms with Gasteiger partial charge in [-0.15, -0.1) is 0 Å². The predicted molar refractivity (Wildman–Crippen MR) is 119 cm³/mol. The van der Waals surface area contributed by atoms with Gasteiger partial charge < -0.3 is 15.0 Å². The Morgan fingerprint density at radius 2 is 1.87 bits per heavy atom. The Morgan fingerprint density at radius 1 is 1.10 bits per heavy atom. The van der Waals surface area contributed by atoms with Crippen LogP contribution in [-0.2, 0) is 11.2 Å². The molecule has 31 heavy (non-hydrogen) atoms. The molecule has 0 radical (unpaired) electrons. The number of aromatic nitrogens is 3. The maximum absolute atomic E-state index is 13.1. The third-order valence-electron chi connectivity index (χ3n) is 5.40. The van der Waals surface area contributed by atoms with Crippen LogP contribution in [0, 0.1) is 13.8 Å². The molecule has 1 saturated heterocycles. The second kappa shape index (κ2) is 9.12. The zero-order valence-corrected chi connectivity index (χ0v) is 18.1. The highest BCUT2D eigenvalue weighted by Gasteiger charge is 2.31. The van der Waals surface area contributed by atoms with Crippen LogP contribution < -0.4 is 10.1 Å². The van der Waals surface area contributed by atoms with Gasteiger partial charge in [-0.25, -0.2) is 15.0 Å². The fourth-order valence-electron chi connectivity index (χ4n) is 4.03. The van der Waals surface area contributed by atoms with E-state index in [4.69, 9.17) is 9.72 Å². The molecule has 160 valence electrons. The van der Waals surface area contributed by atoms with Crippen molar-refractivity contribution in [2.45, 2.75) is 39.2 Å². The number of anilines is 2. The number of pyridine rings is 1. The Balaban J connectivity index is 1.50. The normalized spacial score (nSPS) is 15.7. The quantitative estimate of drug-likeness (QED) is 0.649. The molecule has 7 heteroatoms. The highest BCUT2D eigenvalue weighted by molar-refractivity contribution is 5.79. The highest BCUT2D eigenvalue weighted by Crippen LogP contribution is 2.32. The number of likely N-dealkylation sites (tertiary alicyclic amines) is 1. The maximum atomic E-state index is 13.1. The van der Waals surface area contributed by atoms with Crippen molar-refractivity contribution in [1.82, 2.24) is 19.9 Å². The van der Waals surface area contributed by atoms with Crippen molar-refractivity contribution in [2.24, 2.45) is 0 Å². The summed E-state index contributed by atoms with van der Waals surface area (Å²) in [6, 6.07) is 15.4. The Morgan fingerprint density at radius 3 is 2.65 bits per heavy atom. The summed E-state index contributed by atoms with van der Waals surface area (Å²) in [5, 5.41) is 3.20. The van der Waals surface area contributed by atoms with Crippen LogP contribution in [0.2, 0.25) is 0 Å². The lowest BCUT2D eigenvalue weighted by molar-refractivity contribution is -0.131. The molecule has 3 heterocycles. The van der Waals surface area contributed by atoms with Crippen molar-refractivity contribution in [3.63, 3.8) is 0 Å². The van der Waals surface area contributed by atoms with Crippen LogP contribution >= 0.6 is 0 Å². The van der Waals surface area contributed by atoms with Gasteiger partial charge in [0.15, 0.2) is 0 Å². The molecule has 7 nitrogen and oxygen atoms in total. The standard InChI is InChI=1S/C24H27N5O2/c1-16-13-17(2)26-24(25-16)28-22-11-5-9-20(27-22)21-10-6-12-29(21)23(30)15-18-7-4-8-19(14-18)31-3/h4-5,7-9,11,13-14,21H,6,10,12,15H2,1-3H3,(H,25,26,27,28)/t21-/m1/s1. The number of hydrogen-bond donors (Lipinski definition) is 1. The lowest BCUT2D eigenvalue weighted by atomic mass is 10.1. The third kappa shape index (κ3) is 4.99. The summed E-state index contributed by atoms with van der Waals surface area (Å²) in [5.41, 5.74) is 3.63. The van der Waals surface area contributed by atoms with E-state index in [-0.39, 0.29) is 11.9 Å². The number of carbonyl (C=O) groups excluding carboxylic acids is 1. The van der Waals surface area contributed by atoms with E-state index < -0.39 is 0 Å². The van der Waals surface area contributed by atoms with Gasteiger partial charge in [0, 0.05) is 17.9 Å². The van der Waals surface area contributed by atoms with Gasteiger partial charge in [0.05, 0.1) is 25.3 Å². The monoisotopic (exact) mass is 417 g/mol. The summed E-state index contributed by atoms with van der Waals surface area (Å²) in [7, 11) is 1.63. The molecule has 1 atom stereocenters. The molecule has 1 N–H and O–H groups in total. The number of nitrogens with one attached hydrogen (secondary N) is 1. The first-order valence-corrected chi connectivity index (χ1v) is 10.5. The van der Waals surface area contributed by atoms with Crippen LogP contribution in [-0.4, -0.2) is 39.4 Å². The second-order valence-electron chi connectivity index (χ2n) is 7.82. The van der Waals surface area contributed by atoms with Crippen molar-refractivity contribution >= 4 is 17.7 Å². The van der Waals surface area contributed by atoms with E-state index in [0.717, 1.165) is 47.8 Å². The third-order valence-corrected chi connectivity index (χ3v) is 5.40. The SMILES string of the molecule is COc1cccc(CC(=O)N2CCC[C@@H]2c2cccc(Nc3nc(C)cc(C)n3)n2)c1. The number of nitrogens with zero attached hydrogens (tertiary/aromatic N) is 4. The van der Waals surface area contributed by atoms with E-state index in [9.17, 15) is 4.79 Å². The first-order chi connectivity index (χ1) is 15.0. The molecular weight excluding hydrogens is 390 g/mol. The second-order valence-corrected chi connectivity index (χ2v) is 7.82. The molecule has 1 amide bonds. The average Bonchev–Trinajstić information content (AvgIpc) is 3.23. The van der Waals surface area contributed by atoms with Gasteiger partial charge >= 0.3 is 0 Å². The van der Waals surface area contributed by atoms with Gasteiger partial charge in [-0.3, -0.25) is 4.79 Å². The summed E-state index contributed by atoms with van der Waals surface area (Å²) in [4.78, 5) is 28.6. The largest absolute Gasteiger partial charge is 0.497 e. The number of aryl methyl sites for hydroxylation is 2. The molecule has 0 saturated carbocycles. The number of methoxy groups -OCH3 is 1. The van der Waals surface area contributed by atoms with Crippen molar-refractivity contribution in [3.05, 3.63) is 71.2 Å². The summed E-state index contributed by atoms with van der Waals surface area (Å²) >= 11 is 0. The minimum atomic E-state index is -0.0278. The summed E-state index contributed by atoms with van der Waals surface area (Å²) in [6.45, 7) is 4.62. The molecule has 4 rings (SSSR count). The van der Waals surface area contributed by atoms with Crippen LogP contribution in [0.25, 0.3) is 0 Å². The number of carbonyl (C=O) groups is 1. The van der Waals surface area contributed by atoms with Gasteiger partial charge in [-0.1, -0.05) is 18.2 Å². The first kappa shape index (κ1) is 20.8. The zero-order chi connectivity index (χ0) is 21.8. The lowest BCUT2D eigenvalue weighted by Gasteiger charge is -2.25. The molecule has 1 aliphatic rings. The predicted octanol–water partition coefficient (Wildman–Crippen LogP) is 4.15. The highest BCUT2D eigenvalue weighted by atomic mass is 16.5. The number of hydrogen-bond acceptors (Lipinski definition) is 6. The molecule has 2 aromatic heterocycles. The Hall–Kier alpha value is -3.48. The summed E-state index contributed by atoms with van der Waals surface area (Å²) in [5.74, 6) is 2.07. The lowest BCUT2D eigenvalue weighted by Crippen LogP contribution is -2.32. The molecular formula is C24H27N5O2. The Labute approximate surface area is 182 Å². The minimum absolute atomic E-state index is 0.0278. The van der Waals surface area contributed by atoms with E-state index in [0.29, 0.717) is 18.2 Å². The summed E-state index contributed by atoms with van der Waals surface area (Å²) in [6.07, 6.45) is 2.22. The van der Waals surface area contributed by atoms with Crippen molar-refractivity contribution in [3.8, 4) is 5.75 Å². The van der Waals surface area contributed by atoms with Gasteiger partial charge in [0.25, 0.3) is 0 Å². The molecule has 0 bridgehead atoms. The van der Waals surface area contributed by atoms with Crippen LogP contribution in [0.1, 0.15) is 41.5 Å². The smallest absolute Gasteiger partial charge is 0.228 e. The molecule has 1 aliphatic heterocycles. The Bertz CT molecular complexity index is 1060. The van der Waals surface area contributed by atoms with Crippen molar-refractivity contribution in [2.75, 3.05) is 19.0 Å². The van der Waals surface area contributed by atoms with E-state index in [1.165, 1.54) is 0 Å². The fraction of sp³-hybridized carbons (Fsp3) is 0.333. The van der Waals surface area contributed by atoms with Gasteiger partial charge in [0.1, 0.15) is 11.6 Å². The maximum Gasteiger partial charge on any atom is 0.228 e. The Kier molecular flexibility index (Phi) is 6.11. The number of rotatable bonds is 6. The number of amides is 1. The van der Waals surface area contributed by atoms with Gasteiger partial charge in [0.2, 0.25) is 11.9 Å². The fourth-order valence-corrected chi connectivity index (χ4v) is 4.03. The van der Waals surface area contributed by atoms with Crippen molar-refractivity contribution < 1.29 is 9.53 Å². The minimum Gasteiger partial charge on any atom is -0.497 e. The van der Waals surface area contributed by atoms with E-state index in [2.05, 4.69) is 15.3 Å². The van der Waals surface area contributed by atoms with E-state index in [1.807, 2.05) is 67.3 Å². The zero-order valence-electron chi connectivity index (χ0n) is 18.1. The van der Waals surface area contributed by atoms with E-state index >= 15 is 0 Å². The van der Waals surface area contributed by atoms with Crippen LogP contribution in [0.15, 0.2) is 48.5 Å². The molecule has 1 aromatic carbocycles. The van der Waals surface area contributed by atoms with Gasteiger partial charge in [-0.05, 0) is 62.6 Å². The topological polar surface area (TPSA) is 80.2 Å². The molecule has 3 aromatic rings. The van der Waals surface area contributed by atoms with Crippen LogP contribution in [0.4, 0.5) is 11.8 Å². The molecule has 1 fully saturated rings. The van der Waals surface area contributed by atoms with Gasteiger partial charge in [-0.2, -0.15) is 0 Å². The average molecular weight is 418 g/mol. The molecule has 0 aliphatic carbocycles. The van der Waals surface area contributed by atoms with Crippen molar-refractivity contribution in [1.29, 1.82) is 0 Å². The molecule has 0 spiro atoms.